The van der Waals surface area contributed by atoms with Crippen LogP contribution in [0.2, 0.25) is 0 Å². The second-order valence-corrected chi connectivity index (χ2v) is 8.17. The number of rotatable bonds is 2. The maximum absolute atomic E-state index is 12.1. The van der Waals surface area contributed by atoms with Gasteiger partial charge in [-0.3, -0.25) is 4.79 Å². The number of fused-ring (bicyclic) bond motifs is 1. The molecule has 1 aromatic rings. The van der Waals surface area contributed by atoms with Crippen molar-refractivity contribution in [1.29, 1.82) is 0 Å². The lowest BCUT2D eigenvalue weighted by Gasteiger charge is -2.15. The first-order valence-electron chi connectivity index (χ1n) is 7.46. The van der Waals surface area contributed by atoms with Gasteiger partial charge in [0.05, 0.1) is 12.1 Å². The minimum absolute atomic E-state index is 0.0432. The summed E-state index contributed by atoms with van der Waals surface area (Å²) in [7, 11) is 0. The fourth-order valence-electron chi connectivity index (χ4n) is 3.61. The number of hydrogen-bond donors (Lipinski definition) is 1. The summed E-state index contributed by atoms with van der Waals surface area (Å²) in [5.74, 6) is 1.19. The molecule has 3 nitrogen and oxygen atoms in total. The van der Waals surface area contributed by atoms with Gasteiger partial charge in [-0.1, -0.05) is 49.7 Å². The van der Waals surface area contributed by atoms with E-state index in [2.05, 4.69) is 55.0 Å². The summed E-state index contributed by atoms with van der Waals surface area (Å²) in [5, 5.41) is 2.86. The Kier molecular flexibility index (Phi) is 3.36. The van der Waals surface area contributed by atoms with E-state index < -0.39 is 0 Å². The molecule has 1 saturated carbocycles. The van der Waals surface area contributed by atoms with Gasteiger partial charge in [-0.15, -0.1) is 0 Å². The number of carbonyl (C=O) groups is 1. The lowest BCUT2D eigenvalue weighted by atomic mass is 10.00. The van der Waals surface area contributed by atoms with Crippen LogP contribution in [0.3, 0.4) is 0 Å². The molecule has 3 rings (SSSR count). The molecular weight excluding hydrogens is 330 g/mol. The van der Waals surface area contributed by atoms with Gasteiger partial charge in [-0.05, 0) is 34.4 Å². The lowest BCUT2D eigenvalue weighted by Crippen LogP contribution is -2.24. The van der Waals surface area contributed by atoms with E-state index in [9.17, 15) is 4.79 Å². The number of nitrogens with one attached hydrogen (secondary N) is 1. The van der Waals surface area contributed by atoms with Gasteiger partial charge in [-0.25, -0.2) is 0 Å². The third kappa shape index (κ3) is 2.19. The molecule has 0 spiro atoms. The van der Waals surface area contributed by atoms with Gasteiger partial charge < -0.3 is 10.1 Å². The van der Waals surface area contributed by atoms with Crippen molar-refractivity contribution in [2.45, 2.75) is 32.5 Å². The first kappa shape index (κ1) is 14.9. The van der Waals surface area contributed by atoms with E-state index in [4.69, 9.17) is 4.74 Å². The van der Waals surface area contributed by atoms with Crippen LogP contribution in [0.1, 0.15) is 48.4 Å². The van der Waals surface area contributed by atoms with Crippen molar-refractivity contribution in [2.75, 3.05) is 13.2 Å². The highest BCUT2D eigenvalue weighted by Gasteiger charge is 2.66. The highest BCUT2D eigenvalue weighted by atomic mass is 79.9. The van der Waals surface area contributed by atoms with E-state index in [-0.39, 0.29) is 10.7 Å². The largest absolute Gasteiger partial charge is 0.491 e. The maximum atomic E-state index is 12.1. The quantitative estimate of drug-likeness (QED) is 0.819. The molecule has 1 N–H and O–H groups in total. The zero-order chi connectivity index (χ0) is 15.4. The van der Waals surface area contributed by atoms with Crippen molar-refractivity contribution < 1.29 is 9.53 Å². The second kappa shape index (κ2) is 4.73. The smallest absolute Gasteiger partial charge is 0.255 e. The molecular formula is C17H22BrNO2. The normalized spacial score (nSPS) is 24.3. The number of amides is 1. The molecule has 1 amide bonds. The molecule has 2 aliphatic rings. The van der Waals surface area contributed by atoms with Crippen molar-refractivity contribution in [3.05, 3.63) is 29.3 Å². The molecule has 1 unspecified atom stereocenters. The molecule has 1 heterocycles. The predicted molar refractivity (Wildman–Crippen MR) is 87.0 cm³/mol. The Hall–Kier alpha value is -1.03. The fraction of sp³-hybridized carbons (Fsp3) is 0.588. The Morgan fingerprint density at radius 2 is 1.95 bits per heavy atom. The van der Waals surface area contributed by atoms with Gasteiger partial charge in [0.2, 0.25) is 0 Å². The van der Waals surface area contributed by atoms with Gasteiger partial charge in [0.1, 0.15) is 12.4 Å². The molecule has 1 aliphatic carbocycles. The Balaban J connectivity index is 1.93. The van der Waals surface area contributed by atoms with Crippen LogP contribution in [0.25, 0.3) is 0 Å². The monoisotopic (exact) mass is 351 g/mol. The minimum Gasteiger partial charge on any atom is -0.491 e. The molecule has 0 radical (unpaired) electrons. The highest BCUT2D eigenvalue weighted by molar-refractivity contribution is 9.09. The van der Waals surface area contributed by atoms with Crippen molar-refractivity contribution in [3.63, 3.8) is 0 Å². The Morgan fingerprint density at radius 1 is 1.29 bits per heavy atom. The Morgan fingerprint density at radius 3 is 2.57 bits per heavy atom. The van der Waals surface area contributed by atoms with Gasteiger partial charge in [-0.2, -0.15) is 0 Å². The van der Waals surface area contributed by atoms with Crippen LogP contribution in [0, 0.1) is 16.7 Å². The van der Waals surface area contributed by atoms with Crippen LogP contribution in [0.4, 0.5) is 0 Å². The lowest BCUT2D eigenvalue weighted by molar-refractivity contribution is 0.0957. The first-order chi connectivity index (χ1) is 9.76. The third-order valence-corrected chi connectivity index (χ3v) is 6.69. The van der Waals surface area contributed by atoms with E-state index >= 15 is 0 Å². The van der Waals surface area contributed by atoms with Crippen LogP contribution in [0.5, 0.6) is 5.75 Å². The first-order valence-corrected chi connectivity index (χ1v) is 8.37. The summed E-state index contributed by atoms with van der Waals surface area (Å²) >= 11 is 3.86. The van der Waals surface area contributed by atoms with Crippen LogP contribution in [0.15, 0.2) is 18.2 Å². The van der Waals surface area contributed by atoms with Crippen LogP contribution in [-0.2, 0) is 0 Å². The van der Waals surface area contributed by atoms with E-state index in [0.717, 1.165) is 5.56 Å². The molecule has 1 aliphatic heterocycles. The summed E-state index contributed by atoms with van der Waals surface area (Å²) < 4.78 is 5.61. The zero-order valence-corrected chi connectivity index (χ0v) is 14.6. The maximum Gasteiger partial charge on any atom is 0.255 e. The molecule has 0 bridgehead atoms. The van der Waals surface area contributed by atoms with E-state index in [1.807, 2.05) is 12.1 Å². The molecule has 0 aromatic heterocycles. The molecule has 1 aromatic carbocycles. The van der Waals surface area contributed by atoms with Crippen LogP contribution in [-0.4, -0.2) is 19.1 Å². The third-order valence-electron chi connectivity index (χ3n) is 5.64. The average Bonchev–Trinajstić information content (AvgIpc) is 2.91. The summed E-state index contributed by atoms with van der Waals surface area (Å²) in [6, 6.07) is 5.97. The molecule has 1 atom stereocenters. The van der Waals surface area contributed by atoms with Crippen molar-refractivity contribution in [2.24, 2.45) is 16.7 Å². The number of carbonyl (C=O) groups excluding carboxylic acids is 1. The van der Waals surface area contributed by atoms with Crippen molar-refractivity contribution >= 4 is 21.8 Å². The Bertz CT molecular complexity index is 580. The number of ether oxygens (including phenoxy) is 1. The average molecular weight is 352 g/mol. The standard InChI is InChI=1S/C17H22BrNO2/c1-16(2)14(17(16,3)4)13(18)10-5-6-12-11(9-10)15(20)19-7-8-21-12/h5-6,9,13-14H,7-8H2,1-4H3,(H,19,20). The number of halogens is 1. The summed E-state index contributed by atoms with van der Waals surface area (Å²) in [4.78, 5) is 12.4. The van der Waals surface area contributed by atoms with E-state index in [1.165, 1.54) is 0 Å². The number of hydrogen-bond acceptors (Lipinski definition) is 2. The molecule has 21 heavy (non-hydrogen) atoms. The van der Waals surface area contributed by atoms with Gasteiger partial charge >= 0.3 is 0 Å². The topological polar surface area (TPSA) is 38.3 Å². The Labute approximate surface area is 134 Å². The second-order valence-electron chi connectivity index (χ2n) is 7.18. The van der Waals surface area contributed by atoms with E-state index in [1.54, 1.807) is 0 Å². The zero-order valence-electron chi connectivity index (χ0n) is 13.0. The van der Waals surface area contributed by atoms with Gasteiger partial charge in [0, 0.05) is 4.83 Å². The highest BCUT2D eigenvalue weighted by Crippen LogP contribution is 2.73. The van der Waals surface area contributed by atoms with Crippen LogP contribution < -0.4 is 10.1 Å². The summed E-state index contributed by atoms with van der Waals surface area (Å²) in [6.45, 7) is 10.3. The minimum atomic E-state index is -0.0432. The summed E-state index contributed by atoms with van der Waals surface area (Å²) in [6.07, 6.45) is 0. The summed E-state index contributed by atoms with van der Waals surface area (Å²) in [5.41, 5.74) is 2.39. The fourth-order valence-corrected chi connectivity index (χ4v) is 5.22. The number of benzene rings is 1. The molecule has 0 saturated heterocycles. The van der Waals surface area contributed by atoms with Crippen molar-refractivity contribution in [3.8, 4) is 5.75 Å². The van der Waals surface area contributed by atoms with Gasteiger partial charge in [0.25, 0.3) is 5.91 Å². The number of alkyl halides is 1. The van der Waals surface area contributed by atoms with Gasteiger partial charge in [0.15, 0.2) is 0 Å². The van der Waals surface area contributed by atoms with E-state index in [0.29, 0.717) is 41.2 Å². The molecule has 4 heteroatoms. The van der Waals surface area contributed by atoms with Crippen LogP contribution >= 0.6 is 15.9 Å². The SMILES string of the molecule is CC1(C)C(C(Br)c2ccc3c(c2)C(=O)NCCO3)C1(C)C. The predicted octanol–water partition coefficient (Wildman–Crippen LogP) is 3.93. The molecule has 114 valence electrons. The van der Waals surface area contributed by atoms with Crippen molar-refractivity contribution in [1.82, 2.24) is 5.32 Å². The molecule has 1 fully saturated rings.